The van der Waals surface area contributed by atoms with E-state index in [0.717, 1.165) is 17.0 Å². The second kappa shape index (κ2) is 6.35. The van der Waals surface area contributed by atoms with Crippen LogP contribution in [0.1, 0.15) is 22.3 Å². The van der Waals surface area contributed by atoms with E-state index in [9.17, 15) is 0 Å². The SMILES string of the molecule is Cc1ccc(C(=N)/N=C(/c2ccc(C)cc2)N(C)C)cc1. The summed E-state index contributed by atoms with van der Waals surface area (Å²) >= 11 is 0. The van der Waals surface area contributed by atoms with Gasteiger partial charge in [-0.1, -0.05) is 59.7 Å². The molecule has 0 atom stereocenters. The molecule has 2 aromatic rings. The first kappa shape index (κ1) is 15.0. The van der Waals surface area contributed by atoms with E-state index in [1.165, 1.54) is 11.1 Å². The lowest BCUT2D eigenvalue weighted by Crippen LogP contribution is -2.24. The third-order valence-corrected chi connectivity index (χ3v) is 3.28. The molecule has 0 heterocycles. The monoisotopic (exact) mass is 279 g/mol. The fourth-order valence-corrected chi connectivity index (χ4v) is 2.01. The normalized spacial score (nSPS) is 11.3. The Bertz CT molecular complexity index is 650. The molecule has 3 heteroatoms. The lowest BCUT2D eigenvalue weighted by atomic mass is 10.1. The molecule has 0 aliphatic carbocycles. The summed E-state index contributed by atoms with van der Waals surface area (Å²) in [7, 11) is 3.89. The molecule has 0 saturated heterocycles. The van der Waals surface area contributed by atoms with Gasteiger partial charge >= 0.3 is 0 Å². The van der Waals surface area contributed by atoms with Crippen LogP contribution in [0.25, 0.3) is 0 Å². The molecule has 0 aromatic heterocycles. The van der Waals surface area contributed by atoms with Crippen molar-refractivity contribution in [2.75, 3.05) is 14.1 Å². The highest BCUT2D eigenvalue weighted by Crippen LogP contribution is 2.10. The maximum Gasteiger partial charge on any atom is 0.154 e. The van der Waals surface area contributed by atoms with Gasteiger partial charge in [-0.2, -0.15) is 0 Å². The van der Waals surface area contributed by atoms with E-state index in [0.29, 0.717) is 0 Å². The summed E-state index contributed by atoms with van der Waals surface area (Å²) < 4.78 is 0. The maximum atomic E-state index is 8.20. The Morgan fingerprint density at radius 2 is 1.24 bits per heavy atom. The van der Waals surface area contributed by atoms with Crippen molar-refractivity contribution in [1.29, 1.82) is 5.41 Å². The van der Waals surface area contributed by atoms with Gasteiger partial charge in [-0.3, -0.25) is 5.41 Å². The summed E-state index contributed by atoms with van der Waals surface area (Å²) in [6, 6.07) is 16.1. The van der Waals surface area contributed by atoms with Gasteiger partial charge in [0.15, 0.2) is 5.84 Å². The van der Waals surface area contributed by atoms with Crippen LogP contribution in [0.5, 0.6) is 0 Å². The van der Waals surface area contributed by atoms with Crippen molar-refractivity contribution < 1.29 is 0 Å². The van der Waals surface area contributed by atoms with Crippen molar-refractivity contribution in [2.24, 2.45) is 4.99 Å². The van der Waals surface area contributed by atoms with E-state index in [1.54, 1.807) is 0 Å². The summed E-state index contributed by atoms with van der Waals surface area (Å²) in [5.74, 6) is 1.07. The third-order valence-electron chi connectivity index (χ3n) is 3.28. The standard InChI is InChI=1S/C18H21N3/c1-13-5-9-15(10-6-13)17(19)20-18(21(3)4)16-11-7-14(2)8-12-16/h5-12,19H,1-4H3/b19-17?,20-18-. The second-order valence-electron chi connectivity index (χ2n) is 5.41. The van der Waals surface area contributed by atoms with Crippen molar-refractivity contribution in [3.63, 3.8) is 0 Å². The molecule has 3 nitrogen and oxygen atoms in total. The number of nitrogens with one attached hydrogen (secondary N) is 1. The van der Waals surface area contributed by atoms with Crippen LogP contribution in [-0.4, -0.2) is 30.7 Å². The molecule has 21 heavy (non-hydrogen) atoms. The molecule has 2 rings (SSSR count). The Balaban J connectivity index is 2.35. The zero-order chi connectivity index (χ0) is 15.4. The first-order valence-electron chi connectivity index (χ1n) is 6.96. The van der Waals surface area contributed by atoms with E-state index >= 15 is 0 Å². The van der Waals surface area contributed by atoms with E-state index in [4.69, 9.17) is 5.41 Å². The minimum absolute atomic E-state index is 0.277. The van der Waals surface area contributed by atoms with Gasteiger partial charge in [0, 0.05) is 25.2 Å². The van der Waals surface area contributed by atoms with Crippen molar-refractivity contribution in [3.05, 3.63) is 70.8 Å². The largest absolute Gasteiger partial charge is 0.362 e. The van der Waals surface area contributed by atoms with Gasteiger partial charge in [-0.25, -0.2) is 4.99 Å². The number of rotatable bonds is 2. The highest BCUT2D eigenvalue weighted by atomic mass is 15.1. The Labute approximate surface area is 126 Å². The van der Waals surface area contributed by atoms with Crippen molar-refractivity contribution in [2.45, 2.75) is 13.8 Å². The number of benzene rings is 2. The first-order valence-corrected chi connectivity index (χ1v) is 6.96. The molecule has 0 bridgehead atoms. The molecular weight excluding hydrogens is 258 g/mol. The molecule has 108 valence electrons. The molecule has 0 unspecified atom stereocenters. The molecule has 1 N–H and O–H groups in total. The average Bonchev–Trinajstić information content (AvgIpc) is 2.46. The minimum Gasteiger partial charge on any atom is -0.362 e. The van der Waals surface area contributed by atoms with E-state index in [-0.39, 0.29) is 5.84 Å². The van der Waals surface area contributed by atoms with Gasteiger partial charge in [-0.15, -0.1) is 0 Å². The van der Waals surface area contributed by atoms with Gasteiger partial charge < -0.3 is 4.90 Å². The molecule has 0 saturated carbocycles. The highest BCUT2D eigenvalue weighted by Gasteiger charge is 2.08. The summed E-state index contributed by atoms with van der Waals surface area (Å²) in [6.45, 7) is 4.10. The number of amidine groups is 2. The van der Waals surface area contributed by atoms with Crippen molar-refractivity contribution in [1.82, 2.24) is 4.90 Å². The minimum atomic E-state index is 0.277. The molecule has 0 amide bonds. The maximum absolute atomic E-state index is 8.20. The fraction of sp³-hybridized carbons (Fsp3) is 0.222. The summed E-state index contributed by atoms with van der Waals surface area (Å²) in [4.78, 5) is 6.44. The number of hydrogen-bond acceptors (Lipinski definition) is 1. The summed E-state index contributed by atoms with van der Waals surface area (Å²) in [6.07, 6.45) is 0. The van der Waals surface area contributed by atoms with E-state index in [2.05, 4.69) is 24.0 Å². The Morgan fingerprint density at radius 3 is 1.67 bits per heavy atom. The topological polar surface area (TPSA) is 39.5 Å². The molecule has 0 aliphatic heterocycles. The van der Waals surface area contributed by atoms with Crippen LogP contribution in [0.4, 0.5) is 0 Å². The molecular formula is C18H21N3. The zero-order valence-electron chi connectivity index (χ0n) is 13.0. The Hall–Kier alpha value is -2.42. The molecule has 0 radical (unpaired) electrons. The average molecular weight is 279 g/mol. The first-order chi connectivity index (χ1) is 9.97. The van der Waals surface area contributed by atoms with Crippen LogP contribution >= 0.6 is 0 Å². The van der Waals surface area contributed by atoms with Crippen LogP contribution in [0.3, 0.4) is 0 Å². The number of aliphatic imine (C=N–C) groups is 1. The lowest BCUT2D eigenvalue weighted by Gasteiger charge is -2.16. The van der Waals surface area contributed by atoms with Crippen LogP contribution in [0, 0.1) is 19.3 Å². The van der Waals surface area contributed by atoms with Crippen LogP contribution in [0.2, 0.25) is 0 Å². The number of hydrogen-bond donors (Lipinski definition) is 1. The number of nitrogens with zero attached hydrogens (tertiary/aromatic N) is 2. The van der Waals surface area contributed by atoms with Gasteiger partial charge in [-0.05, 0) is 13.8 Å². The Kier molecular flexibility index (Phi) is 4.53. The van der Waals surface area contributed by atoms with Gasteiger partial charge in [0.05, 0.1) is 0 Å². The molecule has 0 spiro atoms. The van der Waals surface area contributed by atoms with Crippen LogP contribution < -0.4 is 0 Å². The molecule has 0 fully saturated rings. The van der Waals surface area contributed by atoms with Crippen LogP contribution in [0.15, 0.2) is 53.5 Å². The van der Waals surface area contributed by atoms with Crippen molar-refractivity contribution in [3.8, 4) is 0 Å². The summed E-state index contributed by atoms with van der Waals surface area (Å²) in [5, 5.41) is 8.20. The predicted octanol–water partition coefficient (Wildman–Crippen LogP) is 3.64. The smallest absolute Gasteiger partial charge is 0.154 e. The van der Waals surface area contributed by atoms with E-state index in [1.807, 2.05) is 62.3 Å². The van der Waals surface area contributed by atoms with E-state index < -0.39 is 0 Å². The van der Waals surface area contributed by atoms with Crippen molar-refractivity contribution >= 4 is 11.7 Å². The van der Waals surface area contributed by atoms with Gasteiger partial charge in [0.25, 0.3) is 0 Å². The zero-order valence-corrected chi connectivity index (χ0v) is 13.0. The molecule has 2 aromatic carbocycles. The lowest BCUT2D eigenvalue weighted by molar-refractivity contribution is 0.625. The highest BCUT2D eigenvalue weighted by molar-refractivity contribution is 6.10. The van der Waals surface area contributed by atoms with Gasteiger partial charge in [0.2, 0.25) is 0 Å². The number of aryl methyl sites for hydroxylation is 2. The van der Waals surface area contributed by atoms with Gasteiger partial charge in [0.1, 0.15) is 5.84 Å². The quantitative estimate of drug-likeness (QED) is 0.661. The second-order valence-corrected chi connectivity index (χ2v) is 5.41. The molecule has 0 aliphatic rings. The predicted molar refractivity (Wildman–Crippen MR) is 89.4 cm³/mol. The summed E-state index contributed by atoms with van der Waals surface area (Å²) in [5.41, 5.74) is 4.24. The Morgan fingerprint density at radius 1 is 0.810 bits per heavy atom. The van der Waals surface area contributed by atoms with Crippen LogP contribution in [-0.2, 0) is 0 Å². The fourth-order valence-electron chi connectivity index (χ4n) is 2.01. The third kappa shape index (κ3) is 3.78.